The Hall–Kier alpha value is -2.56. The standard InChI is InChI=1S/C17H20O5/c1-19-15-10-12(11-16(20-2)17(15)21-3)8-9-22-14-7-5-4-6-13(14)18/h4-7,10-11,18H,8-9H2,1-3H3. The summed E-state index contributed by atoms with van der Waals surface area (Å²) in [5.41, 5.74) is 0.991. The maximum Gasteiger partial charge on any atom is 0.203 e. The van der Waals surface area contributed by atoms with Crippen molar-refractivity contribution in [3.05, 3.63) is 42.0 Å². The fourth-order valence-corrected chi connectivity index (χ4v) is 2.14. The summed E-state index contributed by atoms with van der Waals surface area (Å²) in [7, 11) is 4.74. The average Bonchev–Trinajstić information content (AvgIpc) is 2.55. The van der Waals surface area contributed by atoms with Gasteiger partial charge in [0.25, 0.3) is 0 Å². The lowest BCUT2D eigenvalue weighted by Gasteiger charge is -2.14. The molecule has 1 N–H and O–H groups in total. The van der Waals surface area contributed by atoms with Crippen LogP contribution >= 0.6 is 0 Å². The molecule has 0 aliphatic carbocycles. The van der Waals surface area contributed by atoms with E-state index in [0.717, 1.165) is 5.56 Å². The number of hydrogen-bond donors (Lipinski definition) is 1. The Morgan fingerprint density at radius 3 is 2.05 bits per heavy atom. The molecule has 0 bridgehead atoms. The van der Waals surface area contributed by atoms with E-state index in [9.17, 15) is 5.11 Å². The van der Waals surface area contributed by atoms with E-state index in [2.05, 4.69) is 0 Å². The molecule has 0 unspecified atom stereocenters. The van der Waals surface area contributed by atoms with Gasteiger partial charge in [-0.1, -0.05) is 12.1 Å². The van der Waals surface area contributed by atoms with Crippen LogP contribution in [0.4, 0.5) is 0 Å². The molecular formula is C17H20O5. The van der Waals surface area contributed by atoms with Gasteiger partial charge in [-0.2, -0.15) is 0 Å². The summed E-state index contributed by atoms with van der Waals surface area (Å²) in [4.78, 5) is 0. The Balaban J connectivity index is 2.08. The molecule has 118 valence electrons. The van der Waals surface area contributed by atoms with E-state index in [0.29, 0.717) is 36.0 Å². The molecular weight excluding hydrogens is 284 g/mol. The second-order valence-corrected chi connectivity index (χ2v) is 4.60. The number of para-hydroxylation sites is 2. The highest BCUT2D eigenvalue weighted by atomic mass is 16.5. The van der Waals surface area contributed by atoms with E-state index in [4.69, 9.17) is 18.9 Å². The molecule has 0 amide bonds. The van der Waals surface area contributed by atoms with Gasteiger partial charge >= 0.3 is 0 Å². The molecule has 0 spiro atoms. The largest absolute Gasteiger partial charge is 0.504 e. The zero-order chi connectivity index (χ0) is 15.9. The molecule has 2 aromatic carbocycles. The predicted octanol–water partition coefficient (Wildman–Crippen LogP) is 3.04. The van der Waals surface area contributed by atoms with Crippen LogP contribution in [0.1, 0.15) is 5.56 Å². The third kappa shape index (κ3) is 3.55. The van der Waals surface area contributed by atoms with Gasteiger partial charge in [-0.15, -0.1) is 0 Å². The number of aromatic hydroxyl groups is 1. The van der Waals surface area contributed by atoms with Crippen LogP contribution in [-0.2, 0) is 6.42 Å². The van der Waals surface area contributed by atoms with Crippen LogP contribution in [0.3, 0.4) is 0 Å². The summed E-state index contributed by atoms with van der Waals surface area (Å²) < 4.78 is 21.5. The van der Waals surface area contributed by atoms with Crippen LogP contribution in [0.15, 0.2) is 36.4 Å². The number of hydrogen-bond acceptors (Lipinski definition) is 5. The van der Waals surface area contributed by atoms with Crippen molar-refractivity contribution in [2.45, 2.75) is 6.42 Å². The number of rotatable bonds is 7. The first kappa shape index (κ1) is 15.8. The van der Waals surface area contributed by atoms with E-state index in [-0.39, 0.29) is 5.75 Å². The van der Waals surface area contributed by atoms with Gasteiger partial charge in [-0.25, -0.2) is 0 Å². The minimum absolute atomic E-state index is 0.132. The Bertz CT molecular complexity index is 599. The fourth-order valence-electron chi connectivity index (χ4n) is 2.14. The number of benzene rings is 2. The smallest absolute Gasteiger partial charge is 0.203 e. The summed E-state index contributed by atoms with van der Waals surface area (Å²) in [6.45, 7) is 0.427. The van der Waals surface area contributed by atoms with Crippen molar-refractivity contribution in [1.29, 1.82) is 0 Å². The molecule has 0 atom stereocenters. The van der Waals surface area contributed by atoms with Crippen LogP contribution in [-0.4, -0.2) is 33.0 Å². The molecule has 0 heterocycles. The molecule has 0 aliphatic heterocycles. The zero-order valence-corrected chi connectivity index (χ0v) is 13.0. The predicted molar refractivity (Wildman–Crippen MR) is 83.4 cm³/mol. The molecule has 0 saturated heterocycles. The number of methoxy groups -OCH3 is 3. The lowest BCUT2D eigenvalue weighted by molar-refractivity contribution is 0.301. The van der Waals surface area contributed by atoms with Gasteiger partial charge in [0.15, 0.2) is 23.0 Å². The van der Waals surface area contributed by atoms with Gasteiger partial charge in [0.2, 0.25) is 5.75 Å². The minimum Gasteiger partial charge on any atom is -0.504 e. The number of phenols is 1. The maximum atomic E-state index is 9.66. The van der Waals surface area contributed by atoms with Crippen LogP contribution in [0, 0.1) is 0 Å². The van der Waals surface area contributed by atoms with Crippen molar-refractivity contribution in [3.63, 3.8) is 0 Å². The Kier molecular flexibility index (Phi) is 5.36. The molecule has 0 saturated carbocycles. The Morgan fingerprint density at radius 2 is 1.50 bits per heavy atom. The first-order valence-electron chi connectivity index (χ1n) is 6.89. The Morgan fingerprint density at radius 1 is 0.864 bits per heavy atom. The van der Waals surface area contributed by atoms with Gasteiger partial charge < -0.3 is 24.1 Å². The van der Waals surface area contributed by atoms with Crippen molar-refractivity contribution in [3.8, 4) is 28.7 Å². The summed E-state index contributed by atoms with van der Waals surface area (Å²) >= 11 is 0. The second kappa shape index (κ2) is 7.45. The van der Waals surface area contributed by atoms with E-state index in [1.54, 1.807) is 39.5 Å². The Labute approximate surface area is 130 Å². The highest BCUT2D eigenvalue weighted by molar-refractivity contribution is 5.53. The highest BCUT2D eigenvalue weighted by Gasteiger charge is 2.13. The molecule has 0 aromatic heterocycles. The molecule has 0 fully saturated rings. The highest BCUT2D eigenvalue weighted by Crippen LogP contribution is 2.38. The maximum absolute atomic E-state index is 9.66. The first-order valence-corrected chi connectivity index (χ1v) is 6.89. The number of ether oxygens (including phenoxy) is 4. The first-order chi connectivity index (χ1) is 10.7. The molecule has 0 aliphatic rings. The van der Waals surface area contributed by atoms with Gasteiger partial charge in [-0.3, -0.25) is 0 Å². The zero-order valence-electron chi connectivity index (χ0n) is 13.0. The summed E-state index contributed by atoms with van der Waals surface area (Å²) in [5.74, 6) is 2.39. The van der Waals surface area contributed by atoms with Crippen molar-refractivity contribution < 1.29 is 24.1 Å². The minimum atomic E-state index is 0.132. The van der Waals surface area contributed by atoms with E-state index < -0.39 is 0 Å². The third-order valence-electron chi connectivity index (χ3n) is 3.24. The molecule has 5 nitrogen and oxygen atoms in total. The van der Waals surface area contributed by atoms with Crippen molar-refractivity contribution in [2.24, 2.45) is 0 Å². The van der Waals surface area contributed by atoms with Crippen LogP contribution in [0.25, 0.3) is 0 Å². The molecule has 2 aromatic rings. The summed E-state index contributed by atoms with van der Waals surface area (Å²) in [6.07, 6.45) is 0.644. The quantitative estimate of drug-likeness (QED) is 0.852. The monoisotopic (exact) mass is 304 g/mol. The van der Waals surface area contributed by atoms with Crippen molar-refractivity contribution in [1.82, 2.24) is 0 Å². The van der Waals surface area contributed by atoms with E-state index in [1.165, 1.54) is 0 Å². The second-order valence-electron chi connectivity index (χ2n) is 4.60. The van der Waals surface area contributed by atoms with Crippen LogP contribution in [0.5, 0.6) is 28.7 Å². The summed E-state index contributed by atoms with van der Waals surface area (Å²) in [5, 5.41) is 9.66. The third-order valence-corrected chi connectivity index (χ3v) is 3.24. The number of phenolic OH excluding ortho intramolecular Hbond substituents is 1. The molecule has 2 rings (SSSR count). The van der Waals surface area contributed by atoms with Crippen LogP contribution < -0.4 is 18.9 Å². The van der Waals surface area contributed by atoms with Crippen LogP contribution in [0.2, 0.25) is 0 Å². The fraction of sp³-hybridized carbons (Fsp3) is 0.294. The van der Waals surface area contributed by atoms with Crippen molar-refractivity contribution >= 4 is 0 Å². The van der Waals surface area contributed by atoms with E-state index >= 15 is 0 Å². The normalized spacial score (nSPS) is 10.1. The topological polar surface area (TPSA) is 57.2 Å². The average molecular weight is 304 g/mol. The lowest BCUT2D eigenvalue weighted by atomic mass is 10.1. The van der Waals surface area contributed by atoms with Gasteiger partial charge in [0.05, 0.1) is 27.9 Å². The molecule has 0 radical (unpaired) electrons. The molecule has 5 heteroatoms. The summed E-state index contributed by atoms with van der Waals surface area (Å²) in [6, 6.07) is 10.7. The van der Waals surface area contributed by atoms with Gasteiger partial charge in [0, 0.05) is 6.42 Å². The lowest BCUT2D eigenvalue weighted by Crippen LogP contribution is -2.03. The SMILES string of the molecule is COc1cc(CCOc2ccccc2O)cc(OC)c1OC. The molecule has 22 heavy (non-hydrogen) atoms. The van der Waals surface area contributed by atoms with Gasteiger partial charge in [-0.05, 0) is 29.8 Å². The van der Waals surface area contributed by atoms with Crippen molar-refractivity contribution in [2.75, 3.05) is 27.9 Å². The van der Waals surface area contributed by atoms with Gasteiger partial charge in [0.1, 0.15) is 0 Å². The van der Waals surface area contributed by atoms with E-state index in [1.807, 2.05) is 18.2 Å².